The Balaban J connectivity index is 2.13. The molecular formula is C11H16N4O6. The summed E-state index contributed by atoms with van der Waals surface area (Å²) in [6.45, 7) is 0.127. The predicted molar refractivity (Wildman–Crippen MR) is 68.9 cm³/mol. The lowest BCUT2D eigenvalue weighted by molar-refractivity contribution is -0.386. The summed E-state index contributed by atoms with van der Waals surface area (Å²) >= 11 is 0. The average Bonchev–Trinajstić information content (AvgIpc) is 2.82. The molecule has 21 heavy (non-hydrogen) atoms. The van der Waals surface area contributed by atoms with E-state index < -0.39 is 29.3 Å². The number of ether oxygens (including phenoxy) is 2. The van der Waals surface area contributed by atoms with Gasteiger partial charge in [-0.25, -0.2) is 4.79 Å². The van der Waals surface area contributed by atoms with Crippen LogP contribution in [-0.2, 0) is 9.47 Å². The average molecular weight is 300 g/mol. The Morgan fingerprint density at radius 2 is 2.43 bits per heavy atom. The number of H-pyrrole nitrogens is 1. The molecular weight excluding hydrogens is 284 g/mol. The van der Waals surface area contributed by atoms with Crippen LogP contribution in [0.4, 0.5) is 10.5 Å². The molecule has 0 saturated carbocycles. The number of hydrogen-bond donors (Lipinski definition) is 3. The van der Waals surface area contributed by atoms with Gasteiger partial charge in [0, 0.05) is 7.11 Å². The zero-order valence-electron chi connectivity index (χ0n) is 11.3. The van der Waals surface area contributed by atoms with Crippen molar-refractivity contribution in [2.24, 2.45) is 0 Å². The maximum absolute atomic E-state index is 10.9. The Hall–Kier alpha value is -2.20. The van der Waals surface area contributed by atoms with E-state index in [4.69, 9.17) is 14.6 Å². The lowest BCUT2D eigenvalue weighted by Gasteiger charge is -2.22. The van der Waals surface area contributed by atoms with Crippen molar-refractivity contribution in [1.29, 1.82) is 0 Å². The van der Waals surface area contributed by atoms with Crippen molar-refractivity contribution >= 4 is 11.8 Å². The van der Waals surface area contributed by atoms with Crippen molar-refractivity contribution in [3.8, 4) is 0 Å². The number of carbonyl (C=O) groups is 1. The summed E-state index contributed by atoms with van der Waals surface area (Å²) in [6, 6.07) is -0.431. The molecule has 1 amide bonds. The van der Waals surface area contributed by atoms with Gasteiger partial charge in [0.15, 0.2) is 0 Å². The number of nitro groups is 1. The number of carboxylic acid groups (broad SMARTS) is 1. The second kappa shape index (κ2) is 6.50. The summed E-state index contributed by atoms with van der Waals surface area (Å²) in [4.78, 5) is 21.2. The number of nitrogens with one attached hydrogen (secondary N) is 2. The highest BCUT2D eigenvalue weighted by molar-refractivity contribution is 5.64. The summed E-state index contributed by atoms with van der Waals surface area (Å²) in [5.74, 6) is 0. The van der Waals surface area contributed by atoms with Gasteiger partial charge in [-0.2, -0.15) is 5.10 Å². The standard InChI is InChI=1S/C11H16N4O6/c1-20-9-5-21-8(3-2-6(9)13-11(16)17)10-7(15(18)19)4-12-14-10/h4,6,8-9,13H,2-3,5H2,1H3,(H,12,14)(H,16,17)/t6-,8+,9-/m1/s1. The van der Waals surface area contributed by atoms with Gasteiger partial charge in [-0.05, 0) is 12.8 Å². The second-order valence-electron chi connectivity index (χ2n) is 4.66. The fourth-order valence-electron chi connectivity index (χ4n) is 2.38. The first-order valence-corrected chi connectivity index (χ1v) is 6.34. The normalized spacial score (nSPS) is 26.0. The Morgan fingerprint density at radius 3 is 3.05 bits per heavy atom. The van der Waals surface area contributed by atoms with E-state index in [1.165, 1.54) is 7.11 Å². The molecule has 1 fully saturated rings. The summed E-state index contributed by atoms with van der Waals surface area (Å²) in [5.41, 5.74) is 0.143. The third-order valence-corrected chi connectivity index (χ3v) is 3.43. The van der Waals surface area contributed by atoms with Gasteiger partial charge < -0.3 is 19.9 Å². The van der Waals surface area contributed by atoms with Crippen LogP contribution >= 0.6 is 0 Å². The van der Waals surface area contributed by atoms with Gasteiger partial charge in [-0.3, -0.25) is 15.2 Å². The van der Waals surface area contributed by atoms with Crippen LogP contribution in [0.1, 0.15) is 24.6 Å². The number of aromatic nitrogens is 2. The van der Waals surface area contributed by atoms with Crippen molar-refractivity contribution in [3.05, 3.63) is 22.0 Å². The smallest absolute Gasteiger partial charge is 0.404 e. The highest BCUT2D eigenvalue weighted by Crippen LogP contribution is 2.32. The van der Waals surface area contributed by atoms with Crippen molar-refractivity contribution in [2.75, 3.05) is 13.7 Å². The molecule has 116 valence electrons. The van der Waals surface area contributed by atoms with Gasteiger partial charge in [-0.1, -0.05) is 0 Å². The van der Waals surface area contributed by atoms with E-state index in [1.54, 1.807) is 0 Å². The van der Waals surface area contributed by atoms with Crippen LogP contribution in [-0.4, -0.2) is 52.2 Å². The van der Waals surface area contributed by atoms with E-state index in [2.05, 4.69) is 15.5 Å². The van der Waals surface area contributed by atoms with Crippen LogP contribution in [0.2, 0.25) is 0 Å². The predicted octanol–water partition coefficient (Wildman–Crippen LogP) is 0.821. The molecule has 0 aliphatic carbocycles. The molecule has 0 radical (unpaired) electrons. The fourth-order valence-corrected chi connectivity index (χ4v) is 2.38. The van der Waals surface area contributed by atoms with E-state index in [-0.39, 0.29) is 18.0 Å². The van der Waals surface area contributed by atoms with Crippen LogP contribution in [0.25, 0.3) is 0 Å². The molecule has 3 N–H and O–H groups in total. The monoisotopic (exact) mass is 300 g/mol. The number of nitrogens with zero attached hydrogens (tertiary/aromatic N) is 2. The number of methoxy groups -OCH3 is 1. The summed E-state index contributed by atoms with van der Waals surface area (Å²) in [6.07, 6.45) is -0.170. The van der Waals surface area contributed by atoms with Crippen molar-refractivity contribution in [1.82, 2.24) is 15.5 Å². The molecule has 10 heteroatoms. The zero-order chi connectivity index (χ0) is 15.4. The Bertz CT molecular complexity index is 519. The molecule has 0 spiro atoms. The number of amides is 1. The van der Waals surface area contributed by atoms with E-state index in [0.29, 0.717) is 12.8 Å². The highest BCUT2D eigenvalue weighted by atomic mass is 16.6. The van der Waals surface area contributed by atoms with Crippen LogP contribution in [0.5, 0.6) is 0 Å². The first kappa shape index (κ1) is 15.2. The Morgan fingerprint density at radius 1 is 1.67 bits per heavy atom. The maximum Gasteiger partial charge on any atom is 0.404 e. The van der Waals surface area contributed by atoms with Crippen molar-refractivity contribution in [2.45, 2.75) is 31.1 Å². The SMILES string of the molecule is CO[C@@H]1CO[C@H](c2[nH]ncc2[N+](=O)[O-])CC[C@H]1NC(=O)O. The summed E-state index contributed by atoms with van der Waals surface area (Å²) < 4.78 is 10.8. The van der Waals surface area contributed by atoms with Gasteiger partial charge >= 0.3 is 11.8 Å². The molecule has 3 atom stereocenters. The van der Waals surface area contributed by atoms with E-state index >= 15 is 0 Å². The minimum absolute atomic E-state index is 0.127. The number of hydrogen-bond acceptors (Lipinski definition) is 6. The van der Waals surface area contributed by atoms with E-state index in [9.17, 15) is 14.9 Å². The molecule has 2 rings (SSSR count). The fraction of sp³-hybridized carbons (Fsp3) is 0.636. The molecule has 1 aliphatic rings. The third-order valence-electron chi connectivity index (χ3n) is 3.43. The lowest BCUT2D eigenvalue weighted by atomic mass is 10.0. The molecule has 1 saturated heterocycles. The largest absolute Gasteiger partial charge is 0.465 e. The highest BCUT2D eigenvalue weighted by Gasteiger charge is 2.33. The molecule has 0 aromatic carbocycles. The third kappa shape index (κ3) is 3.47. The van der Waals surface area contributed by atoms with Crippen molar-refractivity contribution in [3.63, 3.8) is 0 Å². The summed E-state index contributed by atoms with van der Waals surface area (Å²) in [5, 5.41) is 28.4. The van der Waals surface area contributed by atoms with Crippen LogP contribution in [0.15, 0.2) is 6.20 Å². The van der Waals surface area contributed by atoms with Gasteiger partial charge in [0.2, 0.25) is 0 Å². The topological polar surface area (TPSA) is 140 Å². The van der Waals surface area contributed by atoms with Gasteiger partial charge in [0.05, 0.1) is 17.6 Å². The molecule has 2 heterocycles. The molecule has 0 unspecified atom stereocenters. The molecule has 1 aromatic rings. The molecule has 1 aromatic heterocycles. The lowest BCUT2D eigenvalue weighted by Crippen LogP contribution is -2.44. The number of aromatic amines is 1. The number of rotatable bonds is 4. The maximum atomic E-state index is 10.9. The van der Waals surface area contributed by atoms with Gasteiger partial charge in [0.25, 0.3) is 0 Å². The van der Waals surface area contributed by atoms with Gasteiger partial charge in [0.1, 0.15) is 24.1 Å². The quantitative estimate of drug-likeness (QED) is 0.552. The minimum atomic E-state index is -1.15. The first-order valence-electron chi connectivity index (χ1n) is 6.34. The first-order chi connectivity index (χ1) is 10.0. The molecule has 0 bridgehead atoms. The van der Waals surface area contributed by atoms with Crippen LogP contribution in [0, 0.1) is 10.1 Å². The molecule has 10 nitrogen and oxygen atoms in total. The Kier molecular flexibility index (Phi) is 4.70. The van der Waals surface area contributed by atoms with E-state index in [1.807, 2.05) is 0 Å². The summed E-state index contributed by atoms with van der Waals surface area (Å²) in [7, 11) is 1.46. The minimum Gasteiger partial charge on any atom is -0.465 e. The second-order valence-corrected chi connectivity index (χ2v) is 4.66. The van der Waals surface area contributed by atoms with Crippen molar-refractivity contribution < 1.29 is 24.3 Å². The van der Waals surface area contributed by atoms with Crippen LogP contribution < -0.4 is 5.32 Å². The Labute approximate surface area is 119 Å². The zero-order valence-corrected chi connectivity index (χ0v) is 11.3. The van der Waals surface area contributed by atoms with Gasteiger partial charge in [-0.15, -0.1) is 0 Å². The van der Waals surface area contributed by atoms with Crippen LogP contribution in [0.3, 0.4) is 0 Å². The molecule has 1 aliphatic heterocycles. The van der Waals surface area contributed by atoms with E-state index in [0.717, 1.165) is 6.20 Å².